The standard InChI is InChI=1S/C35H56O10/c1-6-22(39)23-15-19(2)35(45-23)14-13-32(4)21-7-8-25-31(3,20(21)9-12-33(32,35)5)11-10-26(34(25,17-37)18-38)44-30-29(42)28(41)27(40)24(16-36)43-30/h19,23-30,36-38,40-42H,6-18H2,1-5H3/t19-,23+,24-,25-,26+,27-,28+,29-,30+,31-,32+,33+,35+/m1/s1. The molecule has 2 heterocycles. The van der Waals surface area contributed by atoms with Gasteiger partial charge in [-0.05, 0) is 80.5 Å². The summed E-state index contributed by atoms with van der Waals surface area (Å²) < 4.78 is 18.9. The fourth-order valence-corrected chi connectivity index (χ4v) is 11.7. The van der Waals surface area contributed by atoms with Crippen molar-refractivity contribution < 1.29 is 49.6 Å². The second kappa shape index (κ2) is 11.6. The summed E-state index contributed by atoms with van der Waals surface area (Å²) in [7, 11) is 0. The van der Waals surface area contributed by atoms with Gasteiger partial charge in [-0.15, -0.1) is 0 Å². The van der Waals surface area contributed by atoms with Crippen molar-refractivity contribution in [2.75, 3.05) is 19.8 Å². The smallest absolute Gasteiger partial charge is 0.186 e. The second-order valence-electron chi connectivity index (χ2n) is 16.0. The number of carbonyl (C=O) groups excluding carboxylic acids is 1. The molecule has 0 aromatic carbocycles. The minimum absolute atomic E-state index is 0.0856. The quantitative estimate of drug-likeness (QED) is 0.229. The van der Waals surface area contributed by atoms with E-state index in [9.17, 15) is 35.4 Å². The molecule has 0 unspecified atom stereocenters. The van der Waals surface area contributed by atoms with E-state index in [1.54, 1.807) is 0 Å². The van der Waals surface area contributed by atoms with Gasteiger partial charge < -0.3 is 44.8 Å². The molecular formula is C35H56O10. The third kappa shape index (κ3) is 4.42. The summed E-state index contributed by atoms with van der Waals surface area (Å²) in [4.78, 5) is 12.8. The average Bonchev–Trinajstić information content (AvgIpc) is 3.50. The Kier molecular flexibility index (Phi) is 8.74. The number of aliphatic hydroxyl groups excluding tert-OH is 6. The van der Waals surface area contributed by atoms with Gasteiger partial charge in [0.15, 0.2) is 12.1 Å². The van der Waals surface area contributed by atoms with Crippen molar-refractivity contribution in [1.29, 1.82) is 0 Å². The molecule has 6 aliphatic rings. The summed E-state index contributed by atoms with van der Waals surface area (Å²) in [5.74, 6) is 0.399. The highest BCUT2D eigenvalue weighted by atomic mass is 16.7. The molecule has 0 amide bonds. The normalized spacial score (nSPS) is 50.8. The molecule has 10 nitrogen and oxygen atoms in total. The van der Waals surface area contributed by atoms with Crippen LogP contribution in [0.15, 0.2) is 11.1 Å². The Hall–Kier alpha value is -0.950. The average molecular weight is 637 g/mol. The highest BCUT2D eigenvalue weighted by molar-refractivity contribution is 5.83. The molecule has 0 radical (unpaired) electrons. The van der Waals surface area contributed by atoms with Gasteiger partial charge in [-0.1, -0.05) is 45.8 Å². The van der Waals surface area contributed by atoms with E-state index in [1.807, 2.05) is 6.92 Å². The van der Waals surface area contributed by atoms with Crippen LogP contribution in [-0.4, -0.2) is 105 Å². The van der Waals surface area contributed by atoms with Crippen LogP contribution >= 0.6 is 0 Å². The van der Waals surface area contributed by atoms with E-state index in [1.165, 1.54) is 11.1 Å². The molecule has 45 heavy (non-hydrogen) atoms. The summed E-state index contributed by atoms with van der Waals surface area (Å²) in [5, 5.41) is 63.0. The lowest BCUT2D eigenvalue weighted by Crippen LogP contribution is -2.64. The SMILES string of the molecule is CCC(=O)[C@@H]1C[C@@H](C)[C@]2(CC[C@@]3(C)C4=C(CC[C@@]32C)[C@@]2(C)CC[C@H](O[C@@H]3O[C@H](CO)[C@@H](O)[C@H](O)[C@H]3O)C(CO)(CO)[C@@H]2CC4)O1. The zero-order chi connectivity index (χ0) is 32.7. The molecule has 4 fully saturated rings. The minimum atomic E-state index is -1.57. The van der Waals surface area contributed by atoms with Gasteiger partial charge in [-0.25, -0.2) is 0 Å². The van der Waals surface area contributed by atoms with Crippen LogP contribution in [0.25, 0.3) is 0 Å². The third-order valence-corrected chi connectivity index (χ3v) is 14.6. The van der Waals surface area contributed by atoms with Gasteiger partial charge in [-0.2, -0.15) is 0 Å². The van der Waals surface area contributed by atoms with Crippen LogP contribution < -0.4 is 0 Å². The van der Waals surface area contributed by atoms with Gasteiger partial charge in [0.2, 0.25) is 0 Å². The van der Waals surface area contributed by atoms with Crippen molar-refractivity contribution >= 4 is 5.78 Å². The summed E-state index contributed by atoms with van der Waals surface area (Å²) >= 11 is 0. The van der Waals surface area contributed by atoms with Crippen molar-refractivity contribution in [1.82, 2.24) is 0 Å². The van der Waals surface area contributed by atoms with E-state index in [4.69, 9.17) is 14.2 Å². The predicted molar refractivity (Wildman–Crippen MR) is 164 cm³/mol. The molecule has 2 aliphatic heterocycles. The number of Topliss-reactive ketones (excluding diaryl/α,β-unsaturated/α-hetero) is 1. The van der Waals surface area contributed by atoms with Crippen molar-refractivity contribution in [2.45, 2.75) is 147 Å². The fraction of sp³-hybridized carbons (Fsp3) is 0.914. The van der Waals surface area contributed by atoms with Crippen molar-refractivity contribution in [3.63, 3.8) is 0 Å². The Bertz CT molecular complexity index is 1180. The van der Waals surface area contributed by atoms with E-state index in [2.05, 4.69) is 27.7 Å². The number of hydrogen-bond donors (Lipinski definition) is 6. The Morgan fingerprint density at radius 2 is 1.62 bits per heavy atom. The van der Waals surface area contributed by atoms with Gasteiger partial charge in [0, 0.05) is 17.3 Å². The van der Waals surface area contributed by atoms with Crippen LogP contribution in [0.5, 0.6) is 0 Å². The summed E-state index contributed by atoms with van der Waals surface area (Å²) in [5.41, 5.74) is 1.11. The van der Waals surface area contributed by atoms with Crippen LogP contribution in [0.1, 0.15) is 98.8 Å². The molecule has 0 aromatic rings. The summed E-state index contributed by atoms with van der Waals surface area (Å²) in [6.07, 6.45) is -0.0654. The van der Waals surface area contributed by atoms with Crippen molar-refractivity contribution in [3.8, 4) is 0 Å². The lowest BCUT2D eigenvalue weighted by atomic mass is 9.42. The van der Waals surface area contributed by atoms with Gasteiger partial charge >= 0.3 is 0 Å². The molecule has 2 saturated carbocycles. The molecule has 2 saturated heterocycles. The second-order valence-corrected chi connectivity index (χ2v) is 16.0. The molecule has 10 heteroatoms. The van der Waals surface area contributed by atoms with E-state index < -0.39 is 48.8 Å². The maximum absolute atomic E-state index is 12.8. The van der Waals surface area contributed by atoms with Crippen LogP contribution in [0.4, 0.5) is 0 Å². The van der Waals surface area contributed by atoms with Crippen LogP contribution in [-0.2, 0) is 19.0 Å². The Balaban J connectivity index is 1.31. The topological polar surface area (TPSA) is 166 Å². The molecule has 13 atom stereocenters. The number of fused-ring (bicyclic) bond motifs is 5. The van der Waals surface area contributed by atoms with Gasteiger partial charge in [0.25, 0.3) is 0 Å². The zero-order valence-electron chi connectivity index (χ0n) is 27.7. The lowest BCUT2D eigenvalue weighted by molar-refractivity contribution is -0.331. The van der Waals surface area contributed by atoms with Crippen LogP contribution in [0.2, 0.25) is 0 Å². The molecule has 1 spiro atoms. The predicted octanol–water partition coefficient (Wildman–Crippen LogP) is 2.39. The molecular weight excluding hydrogens is 580 g/mol. The van der Waals surface area contributed by atoms with E-state index in [0.29, 0.717) is 18.8 Å². The summed E-state index contributed by atoms with van der Waals surface area (Å²) in [6.45, 7) is 10.1. The number of aliphatic hydroxyl groups is 6. The lowest BCUT2D eigenvalue weighted by Gasteiger charge is -2.64. The van der Waals surface area contributed by atoms with E-state index >= 15 is 0 Å². The van der Waals surface area contributed by atoms with Gasteiger partial charge in [-0.3, -0.25) is 4.79 Å². The van der Waals surface area contributed by atoms with Crippen molar-refractivity contribution in [3.05, 3.63) is 11.1 Å². The number of hydrogen-bond acceptors (Lipinski definition) is 10. The zero-order valence-corrected chi connectivity index (χ0v) is 27.7. The Labute approximate surface area is 267 Å². The molecule has 256 valence electrons. The molecule has 6 N–H and O–H groups in total. The third-order valence-electron chi connectivity index (χ3n) is 14.6. The monoisotopic (exact) mass is 636 g/mol. The van der Waals surface area contributed by atoms with Gasteiger partial charge in [0.1, 0.15) is 30.5 Å². The molecule has 6 rings (SSSR count). The number of carbonyl (C=O) groups is 1. The highest BCUT2D eigenvalue weighted by Crippen LogP contribution is 2.75. The minimum Gasteiger partial charge on any atom is -0.396 e. The van der Waals surface area contributed by atoms with Crippen LogP contribution in [0.3, 0.4) is 0 Å². The maximum Gasteiger partial charge on any atom is 0.186 e. The molecule has 0 bridgehead atoms. The number of allylic oxidation sites excluding steroid dienone is 2. The first-order valence-corrected chi connectivity index (χ1v) is 17.3. The molecule has 0 aromatic heterocycles. The van der Waals surface area contributed by atoms with E-state index in [-0.39, 0.29) is 52.9 Å². The van der Waals surface area contributed by atoms with Gasteiger partial charge in [0.05, 0.1) is 31.5 Å². The maximum atomic E-state index is 12.8. The Morgan fingerprint density at radius 3 is 2.27 bits per heavy atom. The van der Waals surface area contributed by atoms with Crippen molar-refractivity contribution in [2.24, 2.45) is 33.5 Å². The molecule has 4 aliphatic carbocycles. The first kappa shape index (κ1) is 33.9. The first-order valence-electron chi connectivity index (χ1n) is 17.3. The number of rotatable bonds is 7. The highest BCUT2D eigenvalue weighted by Gasteiger charge is 2.72. The first-order chi connectivity index (χ1) is 21.2. The number of ketones is 1. The Morgan fingerprint density at radius 1 is 0.911 bits per heavy atom. The fourth-order valence-electron chi connectivity index (χ4n) is 11.7. The van der Waals surface area contributed by atoms with E-state index in [0.717, 1.165) is 51.4 Å². The van der Waals surface area contributed by atoms with Crippen LogP contribution in [0, 0.1) is 33.5 Å². The number of ether oxygens (including phenoxy) is 3. The summed E-state index contributed by atoms with van der Waals surface area (Å²) in [6, 6.07) is 0. The largest absolute Gasteiger partial charge is 0.396 e.